The first-order valence-corrected chi connectivity index (χ1v) is 7.56. The van der Waals surface area contributed by atoms with E-state index in [9.17, 15) is 4.39 Å². The van der Waals surface area contributed by atoms with Gasteiger partial charge in [0.1, 0.15) is 5.82 Å². The van der Waals surface area contributed by atoms with Gasteiger partial charge in [0.2, 0.25) is 0 Å². The summed E-state index contributed by atoms with van der Waals surface area (Å²) in [6, 6.07) is 9.11. The Kier molecular flexibility index (Phi) is 3.56. The second kappa shape index (κ2) is 5.35. The number of nitriles is 1. The van der Waals surface area contributed by atoms with Crippen LogP contribution in [0.15, 0.2) is 29.6 Å². The molecule has 2 nitrogen and oxygen atoms in total. The lowest BCUT2D eigenvalue weighted by Crippen LogP contribution is -2.32. The highest BCUT2D eigenvalue weighted by Gasteiger charge is 2.25. The molecular formula is C16H15FN2S. The summed E-state index contributed by atoms with van der Waals surface area (Å²) < 4.78 is 13.9. The average Bonchev–Trinajstić information content (AvgIpc) is 2.93. The molecule has 0 spiro atoms. The van der Waals surface area contributed by atoms with E-state index in [-0.39, 0.29) is 5.82 Å². The topological polar surface area (TPSA) is 27.0 Å². The summed E-state index contributed by atoms with van der Waals surface area (Å²) in [5.41, 5.74) is 2.48. The van der Waals surface area contributed by atoms with Crippen molar-refractivity contribution in [3.63, 3.8) is 0 Å². The molecule has 1 atom stereocenters. The van der Waals surface area contributed by atoms with Gasteiger partial charge < -0.3 is 0 Å². The van der Waals surface area contributed by atoms with E-state index in [1.807, 2.05) is 0 Å². The number of rotatable bonds is 2. The first-order valence-electron chi connectivity index (χ1n) is 6.68. The van der Waals surface area contributed by atoms with Gasteiger partial charge in [-0.05, 0) is 48.6 Å². The lowest BCUT2D eigenvalue weighted by atomic mass is 10.0. The zero-order chi connectivity index (χ0) is 14.1. The third-order valence-electron chi connectivity index (χ3n) is 3.95. The van der Waals surface area contributed by atoms with Crippen molar-refractivity contribution in [2.75, 3.05) is 6.54 Å². The third-order valence-corrected chi connectivity index (χ3v) is 4.95. The Balaban J connectivity index is 1.84. The molecule has 1 aromatic heterocycles. The van der Waals surface area contributed by atoms with Gasteiger partial charge in [-0.2, -0.15) is 5.26 Å². The molecule has 102 valence electrons. The molecule has 0 bridgehead atoms. The van der Waals surface area contributed by atoms with Gasteiger partial charge in [0, 0.05) is 29.6 Å². The van der Waals surface area contributed by atoms with E-state index in [1.54, 1.807) is 17.4 Å². The summed E-state index contributed by atoms with van der Waals surface area (Å²) in [7, 11) is 0. The number of halogens is 1. The fraction of sp³-hybridized carbons (Fsp3) is 0.312. The van der Waals surface area contributed by atoms with E-state index in [2.05, 4.69) is 29.3 Å². The van der Waals surface area contributed by atoms with E-state index in [1.165, 1.54) is 22.6 Å². The van der Waals surface area contributed by atoms with Crippen LogP contribution in [0.2, 0.25) is 0 Å². The lowest BCUT2D eigenvalue weighted by molar-refractivity contribution is 0.189. The Bertz CT molecular complexity index is 671. The summed E-state index contributed by atoms with van der Waals surface area (Å²) >= 11 is 1.80. The van der Waals surface area contributed by atoms with Crippen LogP contribution in [0.4, 0.5) is 4.39 Å². The van der Waals surface area contributed by atoms with Gasteiger partial charge in [-0.25, -0.2) is 4.39 Å². The predicted octanol–water partition coefficient (Wildman–Crippen LogP) is 3.88. The fourth-order valence-corrected chi connectivity index (χ4v) is 3.72. The van der Waals surface area contributed by atoms with Crippen molar-refractivity contribution in [1.82, 2.24) is 4.90 Å². The molecule has 2 heterocycles. The predicted molar refractivity (Wildman–Crippen MR) is 78.0 cm³/mol. The van der Waals surface area contributed by atoms with Crippen LogP contribution in [0.25, 0.3) is 0 Å². The van der Waals surface area contributed by atoms with E-state index in [0.717, 1.165) is 13.0 Å². The minimum atomic E-state index is -0.229. The van der Waals surface area contributed by atoms with Gasteiger partial charge in [0.25, 0.3) is 0 Å². The zero-order valence-electron chi connectivity index (χ0n) is 11.3. The van der Waals surface area contributed by atoms with Crippen molar-refractivity contribution >= 4 is 11.3 Å². The number of thiophene rings is 1. The highest BCUT2D eigenvalue weighted by Crippen LogP contribution is 2.33. The lowest BCUT2D eigenvalue weighted by Gasteiger charge is -2.33. The number of fused-ring (bicyclic) bond motifs is 1. The van der Waals surface area contributed by atoms with Crippen LogP contribution in [0, 0.1) is 17.1 Å². The van der Waals surface area contributed by atoms with E-state index >= 15 is 0 Å². The Hall–Kier alpha value is -1.70. The standard InChI is InChI=1S/C16H15FN2S/c1-11-14-5-7-20-16(14)4-6-19(11)10-13-8-12(9-18)2-3-15(13)17/h2-3,5,7-8,11H,4,6,10H2,1H3. The summed E-state index contributed by atoms with van der Waals surface area (Å²) in [4.78, 5) is 3.72. The largest absolute Gasteiger partial charge is 0.292 e. The van der Waals surface area contributed by atoms with Crippen LogP contribution in [0.5, 0.6) is 0 Å². The van der Waals surface area contributed by atoms with Crippen molar-refractivity contribution < 1.29 is 4.39 Å². The number of benzene rings is 1. The second-order valence-corrected chi connectivity index (χ2v) is 6.11. The van der Waals surface area contributed by atoms with Crippen molar-refractivity contribution in [2.45, 2.75) is 25.9 Å². The molecule has 1 aromatic carbocycles. The Labute approximate surface area is 122 Å². The van der Waals surface area contributed by atoms with Crippen LogP contribution in [0.3, 0.4) is 0 Å². The van der Waals surface area contributed by atoms with Crippen molar-refractivity contribution in [1.29, 1.82) is 5.26 Å². The average molecular weight is 286 g/mol. The van der Waals surface area contributed by atoms with Crippen LogP contribution in [-0.2, 0) is 13.0 Å². The molecule has 0 saturated carbocycles. The highest BCUT2D eigenvalue weighted by atomic mass is 32.1. The number of hydrogen-bond donors (Lipinski definition) is 0. The minimum Gasteiger partial charge on any atom is -0.292 e. The van der Waals surface area contributed by atoms with Gasteiger partial charge in [0.15, 0.2) is 0 Å². The van der Waals surface area contributed by atoms with E-state index < -0.39 is 0 Å². The molecule has 4 heteroatoms. The molecule has 0 saturated heterocycles. The monoisotopic (exact) mass is 286 g/mol. The summed E-state index contributed by atoms with van der Waals surface area (Å²) in [6.45, 7) is 3.65. The third kappa shape index (κ3) is 2.35. The molecule has 1 aliphatic rings. The van der Waals surface area contributed by atoms with Crippen molar-refractivity contribution in [3.05, 3.63) is 57.0 Å². The van der Waals surface area contributed by atoms with Gasteiger partial charge in [-0.3, -0.25) is 4.90 Å². The molecule has 0 aliphatic carbocycles. The molecule has 0 fully saturated rings. The van der Waals surface area contributed by atoms with Crippen LogP contribution in [-0.4, -0.2) is 11.4 Å². The molecule has 1 unspecified atom stereocenters. The van der Waals surface area contributed by atoms with Gasteiger partial charge >= 0.3 is 0 Å². The molecule has 0 amide bonds. The Morgan fingerprint density at radius 2 is 2.30 bits per heavy atom. The molecule has 0 N–H and O–H groups in total. The molecule has 1 aliphatic heterocycles. The smallest absolute Gasteiger partial charge is 0.127 e. The molecule has 0 radical (unpaired) electrons. The first-order chi connectivity index (χ1) is 9.69. The minimum absolute atomic E-state index is 0.229. The van der Waals surface area contributed by atoms with Crippen molar-refractivity contribution in [2.24, 2.45) is 0 Å². The highest BCUT2D eigenvalue weighted by molar-refractivity contribution is 7.10. The normalized spacial score (nSPS) is 18.6. The van der Waals surface area contributed by atoms with Gasteiger partial charge in [-0.1, -0.05) is 0 Å². The zero-order valence-corrected chi connectivity index (χ0v) is 12.1. The molecular weight excluding hydrogens is 271 g/mol. The summed E-state index contributed by atoms with van der Waals surface area (Å²) in [5, 5.41) is 11.1. The van der Waals surface area contributed by atoms with Gasteiger partial charge in [0.05, 0.1) is 11.6 Å². The van der Waals surface area contributed by atoms with E-state index in [0.29, 0.717) is 23.7 Å². The molecule has 2 aromatic rings. The maximum Gasteiger partial charge on any atom is 0.127 e. The van der Waals surface area contributed by atoms with Gasteiger partial charge in [-0.15, -0.1) is 11.3 Å². The van der Waals surface area contributed by atoms with Crippen LogP contribution >= 0.6 is 11.3 Å². The number of hydrogen-bond acceptors (Lipinski definition) is 3. The molecule has 20 heavy (non-hydrogen) atoms. The SMILES string of the molecule is CC1c2ccsc2CCN1Cc1cc(C#N)ccc1F. The Morgan fingerprint density at radius 1 is 1.45 bits per heavy atom. The quantitative estimate of drug-likeness (QED) is 0.837. The summed E-state index contributed by atoms with van der Waals surface area (Å²) in [5.74, 6) is -0.229. The fourth-order valence-electron chi connectivity index (χ4n) is 2.76. The van der Waals surface area contributed by atoms with Crippen molar-refractivity contribution in [3.8, 4) is 6.07 Å². The summed E-state index contributed by atoms with van der Waals surface area (Å²) in [6.07, 6.45) is 1.02. The van der Waals surface area contributed by atoms with Crippen LogP contribution < -0.4 is 0 Å². The maximum absolute atomic E-state index is 13.9. The van der Waals surface area contributed by atoms with E-state index in [4.69, 9.17) is 5.26 Å². The Morgan fingerprint density at radius 3 is 3.10 bits per heavy atom. The van der Waals surface area contributed by atoms with Crippen LogP contribution in [0.1, 0.15) is 34.5 Å². The molecule has 3 rings (SSSR count). The first kappa shape index (κ1) is 13.3. The number of nitrogens with zero attached hydrogens (tertiary/aromatic N) is 2. The maximum atomic E-state index is 13.9. The second-order valence-electron chi connectivity index (χ2n) is 5.11.